The average molecular weight is 275 g/mol. The maximum Gasteiger partial charge on any atom is 0.134 e. The van der Waals surface area contributed by atoms with E-state index in [0.29, 0.717) is 5.82 Å². The Morgan fingerprint density at radius 3 is 2.63 bits per heavy atom. The van der Waals surface area contributed by atoms with Gasteiger partial charge < -0.3 is 10.5 Å². The van der Waals surface area contributed by atoms with Crippen LogP contribution in [-0.2, 0) is 0 Å². The molecule has 2 N–H and O–H groups in total. The topological polar surface area (TPSA) is 61.0 Å². The van der Waals surface area contributed by atoms with Gasteiger partial charge in [-0.15, -0.1) is 0 Å². The van der Waals surface area contributed by atoms with Crippen LogP contribution in [0.2, 0.25) is 0 Å². The Balaban J connectivity index is 2.32. The molecule has 0 fully saturated rings. The van der Waals surface area contributed by atoms with E-state index in [0.717, 1.165) is 21.5 Å². The third kappa shape index (κ3) is 3.38. The molecule has 0 aliphatic carbocycles. The van der Waals surface area contributed by atoms with Crippen LogP contribution in [0, 0.1) is 0 Å². The highest BCUT2D eigenvalue weighted by Gasteiger charge is 2.10. The predicted octanol–water partition coefficient (Wildman–Crippen LogP) is 3.34. The van der Waals surface area contributed by atoms with E-state index in [-0.39, 0.29) is 5.92 Å². The summed E-state index contributed by atoms with van der Waals surface area (Å²) in [5, 5.41) is 0.834. The molecule has 0 saturated carbocycles. The van der Waals surface area contributed by atoms with Gasteiger partial charge in [0.1, 0.15) is 22.4 Å². The van der Waals surface area contributed by atoms with Crippen LogP contribution in [0.1, 0.15) is 25.6 Å². The van der Waals surface area contributed by atoms with E-state index >= 15 is 0 Å². The zero-order valence-corrected chi connectivity index (χ0v) is 12.1. The van der Waals surface area contributed by atoms with Crippen molar-refractivity contribution in [3.05, 3.63) is 36.2 Å². The fraction of sp³-hybridized carbons (Fsp3) is 0.286. The summed E-state index contributed by atoms with van der Waals surface area (Å²) >= 11 is 1.53. The number of hydrogen-bond acceptors (Lipinski definition) is 5. The minimum atomic E-state index is 0.250. The summed E-state index contributed by atoms with van der Waals surface area (Å²) in [6.45, 7) is 4.10. The highest BCUT2D eigenvalue weighted by atomic mass is 32.2. The Morgan fingerprint density at radius 2 is 1.95 bits per heavy atom. The van der Waals surface area contributed by atoms with E-state index in [2.05, 4.69) is 9.97 Å². The van der Waals surface area contributed by atoms with Gasteiger partial charge in [-0.2, -0.15) is 0 Å². The second-order valence-electron chi connectivity index (χ2n) is 4.40. The first-order valence-electron chi connectivity index (χ1n) is 6.05. The SMILES string of the molecule is COc1ccccc1Sc1cc(N)nc(C(C)C)n1. The maximum absolute atomic E-state index is 5.83. The first kappa shape index (κ1) is 13.7. The average Bonchev–Trinajstić information content (AvgIpc) is 2.38. The van der Waals surface area contributed by atoms with Crippen LogP contribution >= 0.6 is 11.8 Å². The number of anilines is 1. The lowest BCUT2D eigenvalue weighted by molar-refractivity contribution is 0.405. The standard InChI is InChI=1S/C14H17N3OS/c1-9(2)14-16-12(15)8-13(17-14)19-11-7-5-4-6-10(11)18-3/h4-9H,1-3H3,(H2,15,16,17). The first-order valence-corrected chi connectivity index (χ1v) is 6.87. The first-order chi connectivity index (χ1) is 9.10. The molecule has 4 nitrogen and oxygen atoms in total. The molecule has 0 atom stereocenters. The predicted molar refractivity (Wildman–Crippen MR) is 77.7 cm³/mol. The van der Waals surface area contributed by atoms with E-state index < -0.39 is 0 Å². The summed E-state index contributed by atoms with van der Waals surface area (Å²) in [7, 11) is 1.66. The number of rotatable bonds is 4. The molecule has 0 aliphatic rings. The number of nitrogens with two attached hydrogens (primary N) is 1. The molecule has 0 radical (unpaired) electrons. The molecule has 2 aromatic rings. The number of para-hydroxylation sites is 1. The summed E-state index contributed by atoms with van der Waals surface area (Å²) in [4.78, 5) is 9.77. The number of methoxy groups -OCH3 is 1. The zero-order valence-electron chi connectivity index (χ0n) is 11.3. The lowest BCUT2D eigenvalue weighted by Gasteiger charge is -2.10. The molecule has 0 amide bonds. The van der Waals surface area contributed by atoms with Crippen LogP contribution in [0.15, 0.2) is 40.3 Å². The van der Waals surface area contributed by atoms with Gasteiger partial charge in [0.15, 0.2) is 0 Å². The summed E-state index contributed by atoms with van der Waals surface area (Å²) in [5.41, 5.74) is 5.83. The van der Waals surface area contributed by atoms with Crippen molar-refractivity contribution in [1.29, 1.82) is 0 Å². The number of nitrogen functional groups attached to an aromatic ring is 1. The van der Waals surface area contributed by atoms with Crippen molar-refractivity contribution in [2.75, 3.05) is 12.8 Å². The van der Waals surface area contributed by atoms with E-state index in [9.17, 15) is 0 Å². The fourth-order valence-corrected chi connectivity index (χ4v) is 2.53. The summed E-state index contributed by atoms with van der Waals surface area (Å²) in [6, 6.07) is 9.62. The van der Waals surface area contributed by atoms with Gasteiger partial charge in [0.25, 0.3) is 0 Å². The molecule has 0 bridgehead atoms. The summed E-state index contributed by atoms with van der Waals surface area (Å²) in [5.74, 6) is 2.34. The quantitative estimate of drug-likeness (QED) is 0.867. The normalized spacial score (nSPS) is 10.7. The highest BCUT2D eigenvalue weighted by Crippen LogP contribution is 2.34. The molecule has 1 heterocycles. The van der Waals surface area contributed by atoms with Crippen molar-refractivity contribution < 1.29 is 4.74 Å². The van der Waals surface area contributed by atoms with Crippen LogP contribution < -0.4 is 10.5 Å². The van der Waals surface area contributed by atoms with Gasteiger partial charge in [0.05, 0.1) is 12.0 Å². The number of ether oxygens (including phenoxy) is 1. The number of hydrogen-bond donors (Lipinski definition) is 1. The van der Waals surface area contributed by atoms with Gasteiger partial charge in [-0.3, -0.25) is 0 Å². The number of nitrogens with zero attached hydrogens (tertiary/aromatic N) is 2. The minimum absolute atomic E-state index is 0.250. The molecule has 1 aromatic carbocycles. The lowest BCUT2D eigenvalue weighted by atomic mass is 10.2. The fourth-order valence-electron chi connectivity index (χ4n) is 1.59. The Kier molecular flexibility index (Phi) is 4.27. The smallest absolute Gasteiger partial charge is 0.134 e. The van der Waals surface area contributed by atoms with Gasteiger partial charge in [0.2, 0.25) is 0 Å². The van der Waals surface area contributed by atoms with Crippen molar-refractivity contribution in [3.8, 4) is 5.75 Å². The van der Waals surface area contributed by atoms with Crippen LogP contribution in [0.25, 0.3) is 0 Å². The summed E-state index contributed by atoms with van der Waals surface area (Å²) < 4.78 is 5.33. The third-order valence-corrected chi connectivity index (χ3v) is 3.52. The van der Waals surface area contributed by atoms with E-state index in [4.69, 9.17) is 10.5 Å². The molecule has 100 valence electrons. The monoisotopic (exact) mass is 275 g/mol. The largest absolute Gasteiger partial charge is 0.496 e. The van der Waals surface area contributed by atoms with Crippen molar-refractivity contribution in [2.24, 2.45) is 0 Å². The molecular weight excluding hydrogens is 258 g/mol. The van der Waals surface area contributed by atoms with Crippen molar-refractivity contribution in [3.63, 3.8) is 0 Å². The Bertz CT molecular complexity index is 572. The maximum atomic E-state index is 5.83. The van der Waals surface area contributed by atoms with Crippen LogP contribution in [0.4, 0.5) is 5.82 Å². The number of aromatic nitrogens is 2. The lowest BCUT2D eigenvalue weighted by Crippen LogP contribution is -2.02. The van der Waals surface area contributed by atoms with Gasteiger partial charge >= 0.3 is 0 Å². The van der Waals surface area contributed by atoms with Crippen LogP contribution in [0.3, 0.4) is 0 Å². The highest BCUT2D eigenvalue weighted by molar-refractivity contribution is 7.99. The van der Waals surface area contributed by atoms with E-state index in [1.807, 2.05) is 38.1 Å². The Hall–Kier alpha value is -1.75. The molecule has 2 rings (SSSR count). The molecule has 19 heavy (non-hydrogen) atoms. The number of benzene rings is 1. The molecule has 1 aromatic heterocycles. The van der Waals surface area contributed by atoms with Crippen LogP contribution in [0.5, 0.6) is 5.75 Å². The second kappa shape index (κ2) is 5.93. The van der Waals surface area contributed by atoms with Crippen LogP contribution in [-0.4, -0.2) is 17.1 Å². The Morgan fingerprint density at radius 1 is 1.21 bits per heavy atom. The zero-order chi connectivity index (χ0) is 13.8. The molecule has 0 unspecified atom stereocenters. The van der Waals surface area contributed by atoms with E-state index in [1.54, 1.807) is 13.2 Å². The molecule has 0 spiro atoms. The molecule has 0 saturated heterocycles. The van der Waals surface area contributed by atoms with Gasteiger partial charge in [-0.1, -0.05) is 37.7 Å². The molecular formula is C14H17N3OS. The molecule has 5 heteroatoms. The van der Waals surface area contributed by atoms with E-state index in [1.165, 1.54) is 11.8 Å². The summed E-state index contributed by atoms with van der Waals surface area (Å²) in [6.07, 6.45) is 0. The molecule has 0 aliphatic heterocycles. The van der Waals surface area contributed by atoms with Crippen molar-refractivity contribution >= 4 is 17.6 Å². The van der Waals surface area contributed by atoms with Crippen molar-refractivity contribution in [1.82, 2.24) is 9.97 Å². The minimum Gasteiger partial charge on any atom is -0.496 e. The van der Waals surface area contributed by atoms with Crippen molar-refractivity contribution in [2.45, 2.75) is 29.7 Å². The third-order valence-electron chi connectivity index (χ3n) is 2.54. The Labute approximate surface area is 117 Å². The van der Waals surface area contributed by atoms with Gasteiger partial charge in [0, 0.05) is 12.0 Å². The van der Waals surface area contributed by atoms with Gasteiger partial charge in [-0.25, -0.2) is 9.97 Å². The second-order valence-corrected chi connectivity index (χ2v) is 5.46. The van der Waals surface area contributed by atoms with Gasteiger partial charge in [-0.05, 0) is 12.1 Å².